The van der Waals surface area contributed by atoms with Crippen molar-refractivity contribution in [3.05, 3.63) is 29.8 Å². The van der Waals surface area contributed by atoms with E-state index in [-0.39, 0.29) is 23.8 Å². The number of rotatable bonds is 4. The van der Waals surface area contributed by atoms with E-state index >= 15 is 0 Å². The Balaban J connectivity index is 2.52. The summed E-state index contributed by atoms with van der Waals surface area (Å²) < 4.78 is 0. The molecule has 0 bridgehead atoms. The number of nitrogens with two attached hydrogens (primary N) is 1. The number of hydrogen-bond donors (Lipinski definition) is 3. The van der Waals surface area contributed by atoms with Crippen molar-refractivity contribution in [2.45, 2.75) is 45.7 Å². The van der Waals surface area contributed by atoms with Crippen LogP contribution < -0.4 is 16.4 Å². The van der Waals surface area contributed by atoms with Crippen LogP contribution in [0.3, 0.4) is 0 Å². The Bertz CT molecular complexity index is 492. The van der Waals surface area contributed by atoms with Gasteiger partial charge in [-0.1, -0.05) is 12.1 Å². The number of carbonyl (C=O) groups excluding carboxylic acids is 2. The van der Waals surface area contributed by atoms with Gasteiger partial charge in [0.2, 0.25) is 11.8 Å². The maximum Gasteiger partial charge on any atom is 0.242 e. The molecule has 20 heavy (non-hydrogen) atoms. The maximum atomic E-state index is 11.9. The minimum atomic E-state index is -0.567. The lowest BCUT2D eigenvalue weighted by molar-refractivity contribution is -0.129. The van der Waals surface area contributed by atoms with E-state index in [9.17, 15) is 9.59 Å². The van der Waals surface area contributed by atoms with Crippen LogP contribution in [0, 0.1) is 0 Å². The van der Waals surface area contributed by atoms with E-state index < -0.39 is 6.04 Å². The second-order valence-corrected chi connectivity index (χ2v) is 5.95. The third kappa shape index (κ3) is 5.73. The fourth-order valence-electron chi connectivity index (χ4n) is 1.72. The third-order valence-corrected chi connectivity index (χ3v) is 2.58. The SMILES string of the molecule is CC(NC(=O)Cc1cccc(N)c1)C(=O)NC(C)(C)C. The van der Waals surface area contributed by atoms with Gasteiger partial charge in [-0.05, 0) is 45.4 Å². The summed E-state index contributed by atoms with van der Waals surface area (Å²) in [5.74, 6) is -0.398. The molecular weight excluding hydrogens is 254 g/mol. The van der Waals surface area contributed by atoms with Gasteiger partial charge in [0.05, 0.1) is 6.42 Å². The number of nitrogen functional groups attached to an aromatic ring is 1. The van der Waals surface area contributed by atoms with Crippen LogP contribution in [-0.2, 0) is 16.0 Å². The Morgan fingerprint density at radius 2 is 1.95 bits per heavy atom. The highest BCUT2D eigenvalue weighted by Gasteiger charge is 2.20. The van der Waals surface area contributed by atoms with E-state index in [1.165, 1.54) is 0 Å². The number of nitrogens with one attached hydrogen (secondary N) is 2. The average Bonchev–Trinajstić information content (AvgIpc) is 2.26. The lowest BCUT2D eigenvalue weighted by Gasteiger charge is -2.23. The molecular formula is C15H23N3O2. The fraction of sp³-hybridized carbons (Fsp3) is 0.467. The Morgan fingerprint density at radius 3 is 2.50 bits per heavy atom. The number of amides is 2. The van der Waals surface area contributed by atoms with E-state index in [2.05, 4.69) is 10.6 Å². The third-order valence-electron chi connectivity index (χ3n) is 2.58. The minimum Gasteiger partial charge on any atom is -0.399 e. The fourth-order valence-corrected chi connectivity index (χ4v) is 1.72. The van der Waals surface area contributed by atoms with Crippen LogP contribution in [0.5, 0.6) is 0 Å². The molecule has 0 fully saturated rings. The molecule has 0 aromatic heterocycles. The topological polar surface area (TPSA) is 84.2 Å². The number of carbonyl (C=O) groups is 2. The summed E-state index contributed by atoms with van der Waals surface area (Å²) >= 11 is 0. The van der Waals surface area contributed by atoms with Gasteiger partial charge >= 0.3 is 0 Å². The standard InChI is InChI=1S/C15H23N3O2/c1-10(14(20)18-15(2,3)4)17-13(19)9-11-6-5-7-12(16)8-11/h5-8,10H,9,16H2,1-4H3,(H,17,19)(H,18,20). The second-order valence-electron chi connectivity index (χ2n) is 5.95. The first-order chi connectivity index (χ1) is 9.17. The van der Waals surface area contributed by atoms with Gasteiger partial charge < -0.3 is 16.4 Å². The Hall–Kier alpha value is -2.04. The number of anilines is 1. The molecule has 1 atom stereocenters. The largest absolute Gasteiger partial charge is 0.399 e. The van der Waals surface area contributed by atoms with Gasteiger partial charge in [-0.2, -0.15) is 0 Å². The van der Waals surface area contributed by atoms with Crippen LogP contribution in [0.1, 0.15) is 33.3 Å². The van der Waals surface area contributed by atoms with Gasteiger partial charge in [0.1, 0.15) is 6.04 Å². The highest BCUT2D eigenvalue weighted by molar-refractivity contribution is 5.88. The van der Waals surface area contributed by atoms with Crippen LogP contribution in [0.25, 0.3) is 0 Å². The Morgan fingerprint density at radius 1 is 1.30 bits per heavy atom. The van der Waals surface area contributed by atoms with E-state index in [4.69, 9.17) is 5.73 Å². The molecule has 0 heterocycles. The van der Waals surface area contributed by atoms with Gasteiger partial charge in [0.25, 0.3) is 0 Å². The summed E-state index contributed by atoms with van der Waals surface area (Å²) in [5.41, 5.74) is 6.79. The van der Waals surface area contributed by atoms with Crippen molar-refractivity contribution in [3.63, 3.8) is 0 Å². The van der Waals surface area contributed by atoms with Crippen molar-refractivity contribution in [2.75, 3.05) is 5.73 Å². The first-order valence-electron chi connectivity index (χ1n) is 6.63. The molecule has 1 aromatic carbocycles. The van der Waals surface area contributed by atoms with E-state index in [1.807, 2.05) is 26.8 Å². The molecule has 5 nitrogen and oxygen atoms in total. The molecule has 1 unspecified atom stereocenters. The van der Waals surface area contributed by atoms with Crippen molar-refractivity contribution < 1.29 is 9.59 Å². The summed E-state index contributed by atoms with van der Waals surface area (Å²) in [5, 5.41) is 5.50. The highest BCUT2D eigenvalue weighted by Crippen LogP contribution is 2.07. The molecule has 0 aliphatic carbocycles. The van der Waals surface area contributed by atoms with Gasteiger partial charge in [0, 0.05) is 11.2 Å². The monoisotopic (exact) mass is 277 g/mol. The predicted octanol–water partition coefficient (Wildman–Crippen LogP) is 1.23. The second kappa shape index (κ2) is 6.41. The molecule has 1 rings (SSSR count). The number of benzene rings is 1. The van der Waals surface area contributed by atoms with Crippen molar-refractivity contribution in [1.29, 1.82) is 0 Å². The Labute approximate surface area is 119 Å². The van der Waals surface area contributed by atoms with Crippen molar-refractivity contribution in [1.82, 2.24) is 10.6 Å². The van der Waals surface area contributed by atoms with E-state index in [1.54, 1.807) is 25.1 Å². The molecule has 2 amide bonds. The van der Waals surface area contributed by atoms with Crippen LogP contribution in [-0.4, -0.2) is 23.4 Å². The van der Waals surface area contributed by atoms with Gasteiger partial charge in [-0.25, -0.2) is 0 Å². The van der Waals surface area contributed by atoms with Crippen molar-refractivity contribution >= 4 is 17.5 Å². The molecule has 5 heteroatoms. The molecule has 0 saturated carbocycles. The number of hydrogen-bond acceptors (Lipinski definition) is 3. The zero-order chi connectivity index (χ0) is 15.3. The van der Waals surface area contributed by atoms with Crippen LogP contribution in [0.15, 0.2) is 24.3 Å². The molecule has 0 aliphatic heterocycles. The molecule has 4 N–H and O–H groups in total. The van der Waals surface area contributed by atoms with Gasteiger partial charge in [0.15, 0.2) is 0 Å². The van der Waals surface area contributed by atoms with Crippen LogP contribution in [0.4, 0.5) is 5.69 Å². The maximum absolute atomic E-state index is 11.9. The lowest BCUT2D eigenvalue weighted by atomic mass is 10.1. The molecule has 1 aromatic rings. The highest BCUT2D eigenvalue weighted by atomic mass is 16.2. The normalized spacial score (nSPS) is 12.6. The average molecular weight is 277 g/mol. The van der Waals surface area contributed by atoms with Gasteiger partial charge in [-0.3, -0.25) is 9.59 Å². The van der Waals surface area contributed by atoms with Crippen molar-refractivity contribution in [2.24, 2.45) is 0 Å². The molecule has 110 valence electrons. The molecule has 0 spiro atoms. The van der Waals surface area contributed by atoms with Crippen molar-refractivity contribution in [3.8, 4) is 0 Å². The summed E-state index contributed by atoms with van der Waals surface area (Å²) in [4.78, 5) is 23.7. The summed E-state index contributed by atoms with van der Waals surface area (Å²) in [6.45, 7) is 7.35. The van der Waals surface area contributed by atoms with Crippen LogP contribution in [0.2, 0.25) is 0 Å². The van der Waals surface area contributed by atoms with E-state index in [0.717, 1.165) is 5.56 Å². The smallest absolute Gasteiger partial charge is 0.242 e. The molecule has 0 aliphatic rings. The Kier molecular flexibility index (Phi) is 5.13. The summed E-state index contributed by atoms with van der Waals surface area (Å²) in [6, 6.07) is 6.58. The first-order valence-corrected chi connectivity index (χ1v) is 6.63. The zero-order valence-corrected chi connectivity index (χ0v) is 12.5. The van der Waals surface area contributed by atoms with Gasteiger partial charge in [-0.15, -0.1) is 0 Å². The first kappa shape index (κ1) is 16.0. The molecule has 0 saturated heterocycles. The lowest BCUT2D eigenvalue weighted by Crippen LogP contribution is -2.51. The minimum absolute atomic E-state index is 0.196. The quantitative estimate of drug-likeness (QED) is 0.724. The zero-order valence-electron chi connectivity index (χ0n) is 12.5. The summed E-state index contributed by atoms with van der Waals surface area (Å²) in [6.07, 6.45) is 0.207. The molecule has 0 radical (unpaired) electrons. The summed E-state index contributed by atoms with van der Waals surface area (Å²) in [7, 11) is 0. The van der Waals surface area contributed by atoms with Crippen LogP contribution >= 0.6 is 0 Å². The predicted molar refractivity (Wildman–Crippen MR) is 80.1 cm³/mol. The van der Waals surface area contributed by atoms with E-state index in [0.29, 0.717) is 5.69 Å².